The maximum Gasteiger partial charge on any atom is 0.0543 e. The van der Waals surface area contributed by atoms with Gasteiger partial charge in [0, 0.05) is 0 Å². The summed E-state index contributed by atoms with van der Waals surface area (Å²) in [6.45, 7) is 13.2. The van der Waals surface area contributed by atoms with E-state index in [1.807, 2.05) is 5.57 Å². The largest absolute Gasteiger partial charge is 0.393 e. The molecule has 1 N–H and O–H groups in total. The first-order valence-corrected chi connectivity index (χ1v) is 13.0. The Kier molecular flexibility index (Phi) is 3.83. The molecule has 6 aliphatic carbocycles. The van der Waals surface area contributed by atoms with Crippen LogP contribution >= 0.6 is 0 Å². The Bertz CT molecular complexity index is 753. The van der Waals surface area contributed by atoms with Crippen molar-refractivity contribution < 1.29 is 5.11 Å². The van der Waals surface area contributed by atoms with Gasteiger partial charge in [-0.25, -0.2) is 0 Å². The van der Waals surface area contributed by atoms with Crippen LogP contribution in [0.3, 0.4) is 0 Å². The van der Waals surface area contributed by atoms with Crippen LogP contribution < -0.4 is 0 Å². The zero-order valence-corrected chi connectivity index (χ0v) is 19.6. The molecule has 1 spiro atoms. The number of allylic oxidation sites excluding steroid dienone is 2. The van der Waals surface area contributed by atoms with E-state index >= 15 is 0 Å². The quantitative estimate of drug-likeness (QED) is 0.437. The van der Waals surface area contributed by atoms with Gasteiger partial charge in [0.25, 0.3) is 0 Å². The lowest BCUT2D eigenvalue weighted by molar-refractivity contribution is -0.161. The molecule has 6 aliphatic rings. The predicted molar refractivity (Wildman–Crippen MR) is 119 cm³/mol. The smallest absolute Gasteiger partial charge is 0.0543 e. The van der Waals surface area contributed by atoms with Crippen molar-refractivity contribution in [1.29, 1.82) is 0 Å². The summed E-state index contributed by atoms with van der Waals surface area (Å²) in [6, 6.07) is 0. The standard InChI is InChI=1S/C28H44O/c1-17-14-20-16-28(20)13-12-26(4)22(24(28)18(17)2)6-7-23-25(3)10-9-21(29)15-19(25)8-11-27(23,26)5/h6,17-21,23-24,29H,7-16H2,1-5H3/t17-,18-,19-,20+,21-,23-,24-,25+,26+,27-,28-/m1/s1. The highest BCUT2D eigenvalue weighted by atomic mass is 16.3. The van der Waals surface area contributed by atoms with E-state index in [4.69, 9.17) is 0 Å². The van der Waals surface area contributed by atoms with Gasteiger partial charge in [-0.15, -0.1) is 0 Å². The first-order valence-electron chi connectivity index (χ1n) is 13.0. The minimum absolute atomic E-state index is 0.0337. The normalized spacial score (nSPS) is 63.2. The van der Waals surface area contributed by atoms with Crippen molar-refractivity contribution in [3.63, 3.8) is 0 Å². The molecule has 0 radical (unpaired) electrons. The molecule has 0 aliphatic heterocycles. The van der Waals surface area contributed by atoms with Crippen molar-refractivity contribution in [3.8, 4) is 0 Å². The van der Waals surface area contributed by atoms with Crippen molar-refractivity contribution in [2.75, 3.05) is 0 Å². The minimum Gasteiger partial charge on any atom is -0.393 e. The van der Waals surface area contributed by atoms with Crippen LogP contribution in [0.2, 0.25) is 0 Å². The van der Waals surface area contributed by atoms with Crippen molar-refractivity contribution in [2.24, 2.45) is 57.2 Å². The minimum atomic E-state index is -0.0337. The maximum absolute atomic E-state index is 10.4. The van der Waals surface area contributed by atoms with E-state index in [2.05, 4.69) is 40.7 Å². The van der Waals surface area contributed by atoms with Crippen LogP contribution in [0.25, 0.3) is 0 Å². The molecular formula is C28H44O. The molecule has 1 heteroatoms. The third-order valence-electron chi connectivity index (χ3n) is 13.0. The van der Waals surface area contributed by atoms with Gasteiger partial charge in [0.1, 0.15) is 0 Å². The van der Waals surface area contributed by atoms with E-state index in [0.29, 0.717) is 21.7 Å². The molecule has 0 aromatic heterocycles. The second-order valence-corrected chi connectivity index (χ2v) is 13.6. The first kappa shape index (κ1) is 19.4. The van der Waals surface area contributed by atoms with E-state index in [1.54, 1.807) is 0 Å². The van der Waals surface area contributed by atoms with E-state index in [9.17, 15) is 5.11 Å². The monoisotopic (exact) mass is 396 g/mol. The van der Waals surface area contributed by atoms with Gasteiger partial charge in [-0.1, -0.05) is 46.3 Å². The Balaban J connectivity index is 1.43. The molecule has 0 aromatic carbocycles. The molecular weight excluding hydrogens is 352 g/mol. The molecule has 29 heavy (non-hydrogen) atoms. The van der Waals surface area contributed by atoms with Crippen LogP contribution in [0.15, 0.2) is 11.6 Å². The Labute approximate surface area is 179 Å². The third-order valence-corrected chi connectivity index (χ3v) is 13.0. The second kappa shape index (κ2) is 5.73. The molecule has 0 unspecified atom stereocenters. The van der Waals surface area contributed by atoms with Gasteiger partial charge in [0.05, 0.1) is 6.10 Å². The summed E-state index contributed by atoms with van der Waals surface area (Å²) in [7, 11) is 0. The summed E-state index contributed by atoms with van der Waals surface area (Å²) in [4.78, 5) is 0. The molecule has 11 atom stereocenters. The molecule has 162 valence electrons. The highest BCUT2D eigenvalue weighted by Crippen LogP contribution is 2.79. The van der Waals surface area contributed by atoms with Gasteiger partial charge < -0.3 is 5.11 Å². The molecule has 0 aromatic rings. The van der Waals surface area contributed by atoms with Crippen molar-refractivity contribution in [3.05, 3.63) is 11.6 Å². The van der Waals surface area contributed by atoms with E-state index in [1.165, 1.54) is 51.4 Å². The molecule has 6 rings (SSSR count). The van der Waals surface area contributed by atoms with Crippen molar-refractivity contribution in [1.82, 2.24) is 0 Å². The molecule has 0 bridgehead atoms. The maximum atomic E-state index is 10.4. The van der Waals surface area contributed by atoms with Gasteiger partial charge in [-0.3, -0.25) is 0 Å². The number of hydrogen-bond donors (Lipinski definition) is 1. The van der Waals surface area contributed by atoms with Gasteiger partial charge in [-0.2, -0.15) is 0 Å². The van der Waals surface area contributed by atoms with Crippen LogP contribution in [0.5, 0.6) is 0 Å². The predicted octanol–water partition coefficient (Wildman–Crippen LogP) is 7.00. The highest BCUT2D eigenvalue weighted by Gasteiger charge is 2.71. The molecule has 5 saturated carbocycles. The van der Waals surface area contributed by atoms with Crippen LogP contribution in [-0.4, -0.2) is 11.2 Å². The molecule has 0 saturated heterocycles. The first-order chi connectivity index (χ1) is 13.7. The fourth-order valence-corrected chi connectivity index (χ4v) is 10.7. The number of hydrogen-bond acceptors (Lipinski definition) is 1. The summed E-state index contributed by atoms with van der Waals surface area (Å²) in [6.07, 6.45) is 16.2. The second-order valence-electron chi connectivity index (χ2n) is 13.6. The van der Waals surface area contributed by atoms with Crippen molar-refractivity contribution in [2.45, 2.75) is 105 Å². The zero-order chi connectivity index (χ0) is 20.4. The third kappa shape index (κ3) is 2.18. The van der Waals surface area contributed by atoms with Gasteiger partial charge in [-0.05, 0) is 121 Å². The average molecular weight is 397 g/mol. The lowest BCUT2D eigenvalue weighted by Crippen LogP contribution is -2.61. The van der Waals surface area contributed by atoms with Crippen LogP contribution in [0.1, 0.15) is 98.8 Å². The average Bonchev–Trinajstić information content (AvgIpc) is 3.37. The zero-order valence-electron chi connectivity index (χ0n) is 19.6. The molecule has 0 heterocycles. The van der Waals surface area contributed by atoms with Gasteiger partial charge in [0.2, 0.25) is 0 Å². The van der Waals surface area contributed by atoms with Crippen LogP contribution in [-0.2, 0) is 0 Å². The van der Waals surface area contributed by atoms with Crippen LogP contribution in [0.4, 0.5) is 0 Å². The molecule has 1 nitrogen and oxygen atoms in total. The van der Waals surface area contributed by atoms with Gasteiger partial charge in [0.15, 0.2) is 0 Å². The lowest BCUT2D eigenvalue weighted by Gasteiger charge is -2.69. The Hall–Kier alpha value is -0.300. The van der Waals surface area contributed by atoms with Crippen LogP contribution in [0, 0.1) is 57.2 Å². The van der Waals surface area contributed by atoms with Gasteiger partial charge >= 0.3 is 0 Å². The summed E-state index contributed by atoms with van der Waals surface area (Å²) >= 11 is 0. The fourth-order valence-electron chi connectivity index (χ4n) is 10.7. The fraction of sp³-hybridized carbons (Fsp3) is 0.929. The number of aliphatic hydroxyl groups is 1. The van der Waals surface area contributed by atoms with E-state index < -0.39 is 0 Å². The van der Waals surface area contributed by atoms with Crippen molar-refractivity contribution >= 4 is 0 Å². The number of fused-ring (bicyclic) bond motifs is 6. The summed E-state index contributed by atoms with van der Waals surface area (Å²) in [5.41, 5.74) is 3.95. The Morgan fingerprint density at radius 3 is 2.52 bits per heavy atom. The highest BCUT2D eigenvalue weighted by molar-refractivity contribution is 5.36. The topological polar surface area (TPSA) is 20.2 Å². The summed E-state index contributed by atoms with van der Waals surface area (Å²) < 4.78 is 0. The molecule has 0 amide bonds. The number of aliphatic hydroxyl groups excluding tert-OH is 1. The Morgan fingerprint density at radius 1 is 0.931 bits per heavy atom. The molecule has 5 fully saturated rings. The summed E-state index contributed by atoms with van der Waals surface area (Å²) in [5.74, 6) is 5.27. The SMILES string of the molecule is C[C@@H]1[C@H](C)C[C@H]2C[C@]23CC[C@@]2(C)C(=CC[C@@H]4[C@@]5(C)CC[C@@H](O)C[C@H]5CC[C@]42C)[C@@H]13. The lowest BCUT2D eigenvalue weighted by atomic mass is 9.36. The number of rotatable bonds is 0. The summed E-state index contributed by atoms with van der Waals surface area (Å²) in [5, 5.41) is 10.4. The van der Waals surface area contributed by atoms with E-state index in [0.717, 1.165) is 48.3 Å². The van der Waals surface area contributed by atoms with E-state index in [-0.39, 0.29) is 6.10 Å². The Morgan fingerprint density at radius 2 is 1.72 bits per heavy atom.